The smallest absolute Gasteiger partial charge is 0.134 e. The first-order valence-corrected chi connectivity index (χ1v) is 19.2. The lowest BCUT2D eigenvalue weighted by molar-refractivity contribution is -0.252. The van der Waals surface area contributed by atoms with Crippen LogP contribution in [0.3, 0.4) is 0 Å². The lowest BCUT2D eigenvalue weighted by Crippen LogP contribution is -2.60. The molecule has 0 bridgehead atoms. The van der Waals surface area contributed by atoms with Crippen molar-refractivity contribution in [3.05, 3.63) is 209 Å². The average Bonchev–Trinajstić information content (AvgIpc) is 3.25. The number of hydrogen-bond acceptors (Lipinski definition) is 7. The van der Waals surface area contributed by atoms with E-state index in [0.717, 1.165) is 39.1 Å². The Morgan fingerprint density at radius 3 is 1.31 bits per heavy atom. The zero-order chi connectivity index (χ0) is 37.0. The highest BCUT2D eigenvalue weighted by molar-refractivity contribution is 8.01. The summed E-state index contributed by atoms with van der Waals surface area (Å²) in [6, 6.07) is 59.5. The van der Waals surface area contributed by atoms with E-state index in [2.05, 4.69) is 72.8 Å². The minimum atomic E-state index is -0.768. The lowest BCUT2D eigenvalue weighted by Gasteiger charge is -2.48. The van der Waals surface area contributed by atoms with E-state index in [1.54, 1.807) is 18.9 Å². The molecule has 54 heavy (non-hydrogen) atoms. The van der Waals surface area contributed by atoms with Crippen molar-refractivity contribution in [3.63, 3.8) is 0 Å². The maximum Gasteiger partial charge on any atom is 0.134 e. The Morgan fingerprint density at radius 2 is 0.889 bits per heavy atom. The quantitative estimate of drug-likeness (QED) is 0.0994. The number of aliphatic hydroxyl groups excluding tert-OH is 1. The van der Waals surface area contributed by atoms with Crippen LogP contribution in [0.4, 0.5) is 0 Å². The second-order valence-corrected chi connectivity index (χ2v) is 14.6. The first-order valence-electron chi connectivity index (χ1n) is 18.3. The van der Waals surface area contributed by atoms with E-state index < -0.39 is 34.6 Å². The van der Waals surface area contributed by atoms with Crippen molar-refractivity contribution in [1.29, 1.82) is 0 Å². The summed E-state index contributed by atoms with van der Waals surface area (Å²) >= 11 is 1.66. The number of thioether (sulfide) groups is 1. The van der Waals surface area contributed by atoms with Crippen molar-refractivity contribution in [2.45, 2.75) is 54.4 Å². The van der Waals surface area contributed by atoms with Crippen molar-refractivity contribution in [3.8, 4) is 5.75 Å². The highest BCUT2D eigenvalue weighted by atomic mass is 32.2. The van der Waals surface area contributed by atoms with E-state index in [1.807, 2.05) is 103 Å². The zero-order valence-electron chi connectivity index (χ0n) is 30.4. The van der Waals surface area contributed by atoms with E-state index in [0.29, 0.717) is 19.8 Å². The van der Waals surface area contributed by atoms with Gasteiger partial charge in [-0.05, 0) is 45.5 Å². The third-order valence-electron chi connectivity index (χ3n) is 9.78. The minimum absolute atomic E-state index is 0.265. The fourth-order valence-corrected chi connectivity index (χ4v) is 8.77. The maximum atomic E-state index is 11.1. The van der Waals surface area contributed by atoms with Gasteiger partial charge in [0.25, 0.3) is 0 Å². The second-order valence-electron chi connectivity index (χ2n) is 13.3. The number of ether oxygens (including phenoxy) is 5. The van der Waals surface area contributed by atoms with Crippen LogP contribution in [-0.4, -0.2) is 48.7 Å². The summed E-state index contributed by atoms with van der Waals surface area (Å²) in [5.74, 6) is 0.768. The van der Waals surface area contributed by atoms with Crippen molar-refractivity contribution in [2.24, 2.45) is 0 Å². The number of hydrogen-bond donors (Lipinski definition) is 1. The van der Waals surface area contributed by atoms with Gasteiger partial charge in [-0.15, -0.1) is 11.8 Å². The molecule has 0 aromatic heterocycles. The molecule has 1 saturated heterocycles. The molecule has 1 aliphatic heterocycles. The molecule has 0 spiro atoms. The predicted molar refractivity (Wildman–Crippen MR) is 214 cm³/mol. The average molecular weight is 739 g/mol. The fraction of sp³-hybridized carbons (Fsp3) is 0.234. The Kier molecular flexibility index (Phi) is 12.9. The van der Waals surface area contributed by atoms with Gasteiger partial charge in [-0.2, -0.15) is 0 Å². The molecular weight excluding hydrogens is 693 g/mol. The molecule has 0 radical (unpaired) electrons. The number of benzene rings is 6. The third-order valence-corrected chi connectivity index (χ3v) is 11.4. The summed E-state index contributed by atoms with van der Waals surface area (Å²) in [5.41, 5.74) is 5.63. The van der Waals surface area contributed by atoms with Gasteiger partial charge in [-0.25, -0.2) is 0 Å². The van der Waals surface area contributed by atoms with E-state index in [-0.39, 0.29) is 6.61 Å². The first kappa shape index (κ1) is 37.6. The molecule has 6 aromatic rings. The summed E-state index contributed by atoms with van der Waals surface area (Å²) < 4.78 is 32.5. The van der Waals surface area contributed by atoms with Crippen LogP contribution in [0.15, 0.2) is 176 Å². The highest BCUT2D eigenvalue weighted by Crippen LogP contribution is 2.53. The zero-order valence-corrected chi connectivity index (χ0v) is 31.2. The molecular formula is C47H46O6S. The molecule has 6 nitrogen and oxygen atoms in total. The van der Waals surface area contributed by atoms with Gasteiger partial charge < -0.3 is 28.8 Å². The SMILES string of the molecule is COc1ccc(C(S[C@H]2O[C@H](CO)[C@@H](OCc3ccccc3)[C@H](OCc3ccccc3)[C@H]2OCc2ccccc2)(c2ccccc2)c2ccccc2)cc1. The molecule has 1 fully saturated rings. The molecule has 276 valence electrons. The van der Waals surface area contributed by atoms with Gasteiger partial charge in [0, 0.05) is 0 Å². The van der Waals surface area contributed by atoms with Gasteiger partial charge in [-0.1, -0.05) is 164 Å². The van der Waals surface area contributed by atoms with E-state index in [4.69, 9.17) is 23.7 Å². The van der Waals surface area contributed by atoms with E-state index in [1.165, 1.54) is 0 Å². The molecule has 0 unspecified atom stereocenters. The Labute approximate surface area is 322 Å². The molecule has 1 N–H and O–H groups in total. The van der Waals surface area contributed by atoms with Crippen molar-refractivity contribution >= 4 is 11.8 Å². The second kappa shape index (κ2) is 18.5. The number of methoxy groups -OCH3 is 1. The van der Waals surface area contributed by atoms with Gasteiger partial charge in [0.1, 0.15) is 35.6 Å². The summed E-state index contributed by atoms with van der Waals surface area (Å²) in [6.07, 6.45) is -2.57. The van der Waals surface area contributed by atoms with Gasteiger partial charge in [0.2, 0.25) is 0 Å². The molecule has 7 heteroatoms. The molecule has 1 heterocycles. The minimum Gasteiger partial charge on any atom is -0.497 e. The normalized spacial score (nSPS) is 20.0. The molecule has 0 saturated carbocycles. The Bertz CT molecular complexity index is 1920. The van der Waals surface area contributed by atoms with Crippen LogP contribution in [0.2, 0.25) is 0 Å². The summed E-state index contributed by atoms with van der Waals surface area (Å²) in [5, 5.41) is 11.1. The van der Waals surface area contributed by atoms with Crippen LogP contribution in [0.5, 0.6) is 5.75 Å². The van der Waals surface area contributed by atoms with Crippen LogP contribution < -0.4 is 4.74 Å². The molecule has 7 rings (SSSR count). The Balaban J connectivity index is 1.35. The molecule has 1 aliphatic rings. The summed E-state index contributed by atoms with van der Waals surface area (Å²) in [7, 11) is 1.68. The van der Waals surface area contributed by atoms with Gasteiger partial charge in [0.05, 0.1) is 38.3 Å². The van der Waals surface area contributed by atoms with E-state index in [9.17, 15) is 5.11 Å². The first-order chi connectivity index (χ1) is 26.7. The third kappa shape index (κ3) is 8.79. The fourth-order valence-electron chi connectivity index (χ4n) is 7.04. The predicted octanol–water partition coefficient (Wildman–Crippen LogP) is 9.19. The summed E-state index contributed by atoms with van der Waals surface area (Å²) in [6.45, 7) is 0.722. The maximum absolute atomic E-state index is 11.1. The number of aliphatic hydroxyl groups is 1. The molecule has 0 amide bonds. The monoisotopic (exact) mass is 738 g/mol. The van der Waals surface area contributed by atoms with Gasteiger partial charge in [-0.3, -0.25) is 0 Å². The van der Waals surface area contributed by atoms with Crippen LogP contribution >= 0.6 is 11.8 Å². The molecule has 5 atom stereocenters. The lowest BCUT2D eigenvalue weighted by atomic mass is 9.84. The Morgan fingerprint density at radius 1 is 0.500 bits per heavy atom. The van der Waals surface area contributed by atoms with Crippen molar-refractivity contribution in [1.82, 2.24) is 0 Å². The Hall–Kier alpha value is -4.73. The van der Waals surface area contributed by atoms with Gasteiger partial charge >= 0.3 is 0 Å². The van der Waals surface area contributed by atoms with Crippen LogP contribution in [0.25, 0.3) is 0 Å². The standard InChI is InChI=1S/C47H46O6S/c1-49-41-29-27-40(28-30-41)47(38-23-13-5-14-24-38,39-25-15-6-16-26-39)54-46-45(52-34-37-21-11-4-12-22-37)44(51-33-36-19-9-3-10-20-36)43(42(31-48)53-46)50-32-35-17-7-2-8-18-35/h2-30,42-46,48H,31-34H2,1H3/t42-,43-,44+,45-,46-/m1/s1. The molecule has 6 aromatic carbocycles. The largest absolute Gasteiger partial charge is 0.497 e. The van der Waals surface area contributed by atoms with E-state index >= 15 is 0 Å². The topological polar surface area (TPSA) is 66.4 Å². The highest BCUT2D eigenvalue weighted by Gasteiger charge is 2.52. The molecule has 0 aliphatic carbocycles. The summed E-state index contributed by atoms with van der Waals surface area (Å²) in [4.78, 5) is 0. The van der Waals surface area contributed by atoms with Crippen molar-refractivity contribution in [2.75, 3.05) is 13.7 Å². The number of rotatable bonds is 16. The van der Waals surface area contributed by atoms with Crippen molar-refractivity contribution < 1.29 is 28.8 Å². The van der Waals surface area contributed by atoms with Crippen LogP contribution in [-0.2, 0) is 43.5 Å². The van der Waals surface area contributed by atoms with Gasteiger partial charge in [0.15, 0.2) is 0 Å². The van der Waals surface area contributed by atoms with Crippen LogP contribution in [0.1, 0.15) is 33.4 Å². The van der Waals surface area contributed by atoms with Crippen LogP contribution in [0, 0.1) is 0 Å².